The first kappa shape index (κ1) is 9.68. The first-order chi connectivity index (χ1) is 5.00. The van der Waals surface area contributed by atoms with E-state index in [0.717, 1.165) is 10.3 Å². The van der Waals surface area contributed by atoms with Crippen LogP contribution in [0.3, 0.4) is 0 Å². The van der Waals surface area contributed by atoms with Crippen molar-refractivity contribution in [1.82, 2.24) is 4.98 Å². The van der Waals surface area contributed by atoms with Gasteiger partial charge < -0.3 is 0 Å². The Bertz CT molecular complexity index is 254. The molecule has 0 aliphatic rings. The topological polar surface area (TPSA) is 12.9 Å². The third-order valence-corrected chi connectivity index (χ3v) is 2.42. The summed E-state index contributed by atoms with van der Waals surface area (Å²) in [4.78, 5) is 4.27. The minimum atomic E-state index is -0.232. The number of hydrogen-bond acceptors (Lipinski definition) is 1. The van der Waals surface area contributed by atoms with Crippen LogP contribution in [0.25, 0.3) is 0 Å². The number of hydrogen-bond donors (Lipinski definition) is 0. The fraction of sp³-hybridized carbons (Fsp3) is 0.286. The molecular formula is C7H6Br3N. The third kappa shape index (κ3) is 2.84. The van der Waals surface area contributed by atoms with E-state index >= 15 is 0 Å². The second kappa shape index (κ2) is 3.54. The molecule has 0 aliphatic heterocycles. The van der Waals surface area contributed by atoms with Gasteiger partial charge in [-0.1, -0.05) is 37.9 Å². The van der Waals surface area contributed by atoms with E-state index < -0.39 is 0 Å². The summed E-state index contributed by atoms with van der Waals surface area (Å²) in [5.41, 5.74) is 0.951. The molecule has 0 spiro atoms. The molecule has 1 rings (SSSR count). The van der Waals surface area contributed by atoms with E-state index in [1.54, 1.807) is 0 Å². The van der Waals surface area contributed by atoms with Crippen LogP contribution in [0.1, 0.15) is 12.6 Å². The predicted octanol–water partition coefficient (Wildman–Crippen LogP) is 3.81. The van der Waals surface area contributed by atoms with Crippen molar-refractivity contribution in [1.29, 1.82) is 0 Å². The van der Waals surface area contributed by atoms with Crippen LogP contribution < -0.4 is 0 Å². The molecule has 0 N–H and O–H groups in total. The van der Waals surface area contributed by atoms with Crippen molar-refractivity contribution in [3.8, 4) is 0 Å². The van der Waals surface area contributed by atoms with Crippen molar-refractivity contribution >= 4 is 47.8 Å². The maximum Gasteiger partial charge on any atom is 0.119 e. The Morgan fingerprint density at radius 2 is 2.00 bits per heavy atom. The normalized spacial score (nSPS) is 11.6. The van der Waals surface area contributed by atoms with Crippen LogP contribution in [0.4, 0.5) is 0 Å². The zero-order valence-electron chi connectivity index (χ0n) is 5.81. The molecule has 11 heavy (non-hydrogen) atoms. The molecule has 0 saturated carbocycles. The van der Waals surface area contributed by atoms with Crippen LogP contribution in [-0.2, 0) is 3.23 Å². The summed E-state index contributed by atoms with van der Waals surface area (Å²) in [6, 6.07) is 5.80. The standard InChI is InChI=1S/C7H6Br3N/c1-7(9,10)5-3-2-4-6(8)11-5/h2-4H,1H3. The zero-order chi connectivity index (χ0) is 8.48. The molecule has 1 nitrogen and oxygen atoms in total. The summed E-state index contributed by atoms with van der Waals surface area (Å²) in [5, 5.41) is 0. The van der Waals surface area contributed by atoms with Gasteiger partial charge in [0.25, 0.3) is 0 Å². The number of pyridine rings is 1. The quantitative estimate of drug-likeness (QED) is 0.558. The van der Waals surface area contributed by atoms with Gasteiger partial charge in [0.2, 0.25) is 0 Å². The monoisotopic (exact) mass is 341 g/mol. The van der Waals surface area contributed by atoms with E-state index in [9.17, 15) is 0 Å². The van der Waals surface area contributed by atoms with Crippen LogP contribution in [-0.4, -0.2) is 4.98 Å². The van der Waals surface area contributed by atoms with Crippen LogP contribution in [0.15, 0.2) is 22.8 Å². The lowest BCUT2D eigenvalue weighted by atomic mass is 10.3. The predicted molar refractivity (Wildman–Crippen MR) is 57.1 cm³/mol. The molecule has 0 atom stereocenters. The van der Waals surface area contributed by atoms with Gasteiger partial charge in [-0.15, -0.1) is 0 Å². The van der Waals surface area contributed by atoms with Crippen molar-refractivity contribution in [2.45, 2.75) is 10.2 Å². The zero-order valence-corrected chi connectivity index (χ0v) is 10.6. The summed E-state index contributed by atoms with van der Waals surface area (Å²) in [7, 11) is 0. The maximum atomic E-state index is 4.27. The summed E-state index contributed by atoms with van der Waals surface area (Å²) in [5.74, 6) is 0. The number of nitrogens with zero attached hydrogens (tertiary/aromatic N) is 1. The molecule has 0 amide bonds. The fourth-order valence-corrected chi connectivity index (χ4v) is 1.44. The summed E-state index contributed by atoms with van der Waals surface area (Å²) < 4.78 is 0.615. The Labute approximate surface area is 91.0 Å². The van der Waals surface area contributed by atoms with Crippen molar-refractivity contribution < 1.29 is 0 Å². The Balaban J connectivity index is 3.06. The Morgan fingerprint density at radius 1 is 1.36 bits per heavy atom. The highest BCUT2D eigenvalue weighted by Crippen LogP contribution is 2.36. The van der Waals surface area contributed by atoms with E-state index in [4.69, 9.17) is 0 Å². The SMILES string of the molecule is CC(Br)(Br)c1cccc(Br)n1. The molecule has 1 aromatic heterocycles. The largest absolute Gasteiger partial charge is 0.244 e. The molecular weight excluding hydrogens is 338 g/mol. The van der Waals surface area contributed by atoms with Crippen molar-refractivity contribution in [2.75, 3.05) is 0 Å². The number of alkyl halides is 2. The van der Waals surface area contributed by atoms with Gasteiger partial charge in [-0.3, -0.25) is 0 Å². The summed E-state index contributed by atoms with van der Waals surface area (Å²) in [6.45, 7) is 1.99. The van der Waals surface area contributed by atoms with E-state index in [0.29, 0.717) is 0 Å². The highest BCUT2D eigenvalue weighted by molar-refractivity contribution is 9.24. The average Bonchev–Trinajstić information content (AvgIpc) is 1.86. The van der Waals surface area contributed by atoms with Crippen LogP contribution >= 0.6 is 47.8 Å². The van der Waals surface area contributed by atoms with Crippen LogP contribution in [0.2, 0.25) is 0 Å². The van der Waals surface area contributed by atoms with E-state index in [1.807, 2.05) is 25.1 Å². The molecule has 0 aliphatic carbocycles. The Kier molecular flexibility index (Phi) is 3.11. The molecule has 60 valence electrons. The lowest BCUT2D eigenvalue weighted by Crippen LogP contribution is -2.04. The highest BCUT2D eigenvalue weighted by atomic mass is 79.9. The smallest absolute Gasteiger partial charge is 0.119 e. The van der Waals surface area contributed by atoms with Crippen LogP contribution in [0, 0.1) is 0 Å². The molecule has 0 unspecified atom stereocenters. The van der Waals surface area contributed by atoms with Crippen LogP contribution in [0.5, 0.6) is 0 Å². The number of halogens is 3. The second-order valence-corrected chi connectivity index (χ2v) is 7.28. The van der Waals surface area contributed by atoms with Gasteiger partial charge in [0, 0.05) is 0 Å². The molecule has 1 aromatic rings. The lowest BCUT2D eigenvalue weighted by molar-refractivity contribution is 0.966. The lowest BCUT2D eigenvalue weighted by Gasteiger charge is -2.12. The second-order valence-electron chi connectivity index (χ2n) is 2.23. The average molecular weight is 344 g/mol. The first-order valence-electron chi connectivity index (χ1n) is 3.01. The molecule has 0 aromatic carbocycles. The fourth-order valence-electron chi connectivity index (χ4n) is 0.653. The molecule has 0 saturated heterocycles. The molecule has 0 radical (unpaired) electrons. The molecule has 4 heteroatoms. The minimum Gasteiger partial charge on any atom is -0.244 e. The summed E-state index contributed by atoms with van der Waals surface area (Å²) in [6.07, 6.45) is 0. The van der Waals surface area contributed by atoms with Crippen molar-refractivity contribution in [3.05, 3.63) is 28.5 Å². The van der Waals surface area contributed by atoms with Gasteiger partial charge in [0.05, 0.1) is 5.69 Å². The van der Waals surface area contributed by atoms with Crippen molar-refractivity contribution in [2.24, 2.45) is 0 Å². The van der Waals surface area contributed by atoms with Gasteiger partial charge in [-0.05, 0) is 35.0 Å². The number of rotatable bonds is 1. The van der Waals surface area contributed by atoms with Crippen molar-refractivity contribution in [3.63, 3.8) is 0 Å². The molecule has 0 fully saturated rings. The summed E-state index contributed by atoms with van der Waals surface area (Å²) >= 11 is 10.2. The number of aromatic nitrogens is 1. The van der Waals surface area contributed by atoms with E-state index in [-0.39, 0.29) is 3.23 Å². The third-order valence-electron chi connectivity index (χ3n) is 1.16. The Morgan fingerprint density at radius 3 is 2.36 bits per heavy atom. The van der Waals surface area contributed by atoms with E-state index in [2.05, 4.69) is 52.8 Å². The minimum absolute atomic E-state index is 0.232. The molecule has 1 heterocycles. The van der Waals surface area contributed by atoms with Gasteiger partial charge >= 0.3 is 0 Å². The molecule has 0 bridgehead atoms. The van der Waals surface area contributed by atoms with Gasteiger partial charge in [-0.25, -0.2) is 4.98 Å². The van der Waals surface area contributed by atoms with Gasteiger partial charge in [-0.2, -0.15) is 0 Å². The maximum absolute atomic E-state index is 4.27. The Hall–Kier alpha value is 0.590. The first-order valence-corrected chi connectivity index (χ1v) is 5.39. The van der Waals surface area contributed by atoms with Gasteiger partial charge in [0.1, 0.15) is 7.84 Å². The van der Waals surface area contributed by atoms with E-state index in [1.165, 1.54) is 0 Å². The highest BCUT2D eigenvalue weighted by Gasteiger charge is 2.19. The van der Waals surface area contributed by atoms with Gasteiger partial charge in [0.15, 0.2) is 0 Å².